The van der Waals surface area contributed by atoms with Gasteiger partial charge in [-0.1, -0.05) is 23.7 Å². The lowest BCUT2D eigenvalue weighted by molar-refractivity contribution is -0.121. The molecule has 1 fully saturated rings. The normalized spacial score (nSPS) is 17.2. The zero-order valence-electron chi connectivity index (χ0n) is 16.2. The quantitative estimate of drug-likeness (QED) is 0.833. The summed E-state index contributed by atoms with van der Waals surface area (Å²) in [4.78, 5) is 14.6. The van der Waals surface area contributed by atoms with Gasteiger partial charge in [-0.2, -0.15) is 5.10 Å². The molecule has 148 valence electrons. The van der Waals surface area contributed by atoms with Gasteiger partial charge in [0.1, 0.15) is 0 Å². The molecule has 1 saturated heterocycles. The van der Waals surface area contributed by atoms with Crippen molar-refractivity contribution in [2.45, 2.75) is 57.4 Å². The maximum atomic E-state index is 12.3. The van der Waals surface area contributed by atoms with Crippen molar-refractivity contribution in [1.29, 1.82) is 0 Å². The molecule has 28 heavy (non-hydrogen) atoms. The van der Waals surface area contributed by atoms with Crippen LogP contribution in [0.2, 0.25) is 5.02 Å². The highest BCUT2D eigenvalue weighted by Gasteiger charge is 2.23. The summed E-state index contributed by atoms with van der Waals surface area (Å²) in [5.74, 6) is 1.11. The van der Waals surface area contributed by atoms with E-state index in [1.807, 2.05) is 24.3 Å². The van der Waals surface area contributed by atoms with Crippen molar-refractivity contribution in [2.24, 2.45) is 0 Å². The lowest BCUT2D eigenvalue weighted by Crippen LogP contribution is -2.45. The van der Waals surface area contributed by atoms with E-state index in [0.29, 0.717) is 6.42 Å². The fraction of sp³-hybridized carbons (Fsp3) is 0.500. The van der Waals surface area contributed by atoms with Crippen LogP contribution in [0.5, 0.6) is 0 Å². The molecule has 2 aliphatic rings. The van der Waals surface area contributed by atoms with Gasteiger partial charge in [-0.05, 0) is 74.3 Å². The second kappa shape index (κ2) is 8.91. The highest BCUT2D eigenvalue weighted by Crippen LogP contribution is 2.24. The number of rotatable bonds is 5. The highest BCUT2D eigenvalue weighted by molar-refractivity contribution is 6.30. The van der Waals surface area contributed by atoms with Gasteiger partial charge in [0.05, 0.1) is 5.69 Å². The Morgan fingerprint density at radius 1 is 1.14 bits per heavy atom. The van der Waals surface area contributed by atoms with Crippen LogP contribution in [0.15, 0.2) is 30.3 Å². The molecule has 1 amide bonds. The third-order valence-corrected chi connectivity index (χ3v) is 6.01. The summed E-state index contributed by atoms with van der Waals surface area (Å²) in [6, 6.07) is 10.2. The maximum absolute atomic E-state index is 12.3. The molecule has 0 atom stereocenters. The van der Waals surface area contributed by atoms with Crippen molar-refractivity contribution < 1.29 is 4.79 Å². The smallest absolute Gasteiger partial charge is 0.220 e. The fourth-order valence-electron chi connectivity index (χ4n) is 4.14. The Bertz CT molecular complexity index is 833. The van der Waals surface area contributed by atoms with Crippen molar-refractivity contribution in [3.05, 3.63) is 52.2 Å². The van der Waals surface area contributed by atoms with E-state index in [4.69, 9.17) is 11.6 Å². The predicted octanol–water partition coefficient (Wildman–Crippen LogP) is 3.73. The van der Waals surface area contributed by atoms with Crippen LogP contribution < -0.4 is 10.2 Å². The number of amides is 1. The van der Waals surface area contributed by atoms with Gasteiger partial charge in [0.2, 0.25) is 5.91 Å². The molecule has 1 aromatic heterocycles. The first-order chi connectivity index (χ1) is 13.7. The Hall–Kier alpha value is -2.14. The topological polar surface area (TPSA) is 58.1 Å². The minimum atomic E-state index is 0.118. The van der Waals surface area contributed by atoms with Crippen LogP contribution in [0.3, 0.4) is 0 Å². The first-order valence-electron chi connectivity index (χ1n) is 10.3. The number of halogens is 1. The van der Waals surface area contributed by atoms with Gasteiger partial charge < -0.3 is 10.2 Å². The summed E-state index contributed by atoms with van der Waals surface area (Å²) in [6.07, 6.45) is 7.77. The Morgan fingerprint density at radius 2 is 1.96 bits per heavy atom. The Labute approximate surface area is 171 Å². The molecular formula is C22H27ClN4O. The molecule has 2 heterocycles. The van der Waals surface area contributed by atoms with E-state index >= 15 is 0 Å². The number of fused-ring (bicyclic) bond motifs is 1. The van der Waals surface area contributed by atoms with Crippen LogP contribution in [0.25, 0.3) is 0 Å². The molecule has 1 aliphatic carbocycles. The molecule has 0 bridgehead atoms. The number of benzene rings is 1. The zero-order valence-corrected chi connectivity index (χ0v) is 16.9. The third kappa shape index (κ3) is 4.82. The minimum absolute atomic E-state index is 0.118. The number of hydrogen-bond acceptors (Lipinski definition) is 4. The van der Waals surface area contributed by atoms with Gasteiger partial charge in [-0.25, -0.2) is 0 Å². The number of hydrogen-bond donors (Lipinski definition) is 1. The van der Waals surface area contributed by atoms with Crippen LogP contribution in [-0.2, 0) is 24.1 Å². The van der Waals surface area contributed by atoms with Gasteiger partial charge in [0, 0.05) is 30.6 Å². The average molecular weight is 399 g/mol. The number of nitrogens with zero attached hydrogens (tertiary/aromatic N) is 3. The molecule has 4 rings (SSSR count). The van der Waals surface area contributed by atoms with Crippen LogP contribution >= 0.6 is 11.6 Å². The number of aromatic nitrogens is 2. The van der Waals surface area contributed by atoms with E-state index in [1.54, 1.807) is 0 Å². The van der Waals surface area contributed by atoms with Gasteiger partial charge in [0.25, 0.3) is 0 Å². The minimum Gasteiger partial charge on any atom is -0.355 e. The molecule has 1 N–H and O–H groups in total. The molecule has 1 aromatic carbocycles. The van der Waals surface area contributed by atoms with Gasteiger partial charge in [-0.3, -0.25) is 4.79 Å². The fourth-order valence-corrected chi connectivity index (χ4v) is 4.35. The van der Waals surface area contributed by atoms with E-state index in [9.17, 15) is 4.79 Å². The summed E-state index contributed by atoms with van der Waals surface area (Å²) in [7, 11) is 0. The molecule has 2 aromatic rings. The number of piperidine rings is 1. The van der Waals surface area contributed by atoms with E-state index in [1.165, 1.54) is 24.1 Å². The van der Waals surface area contributed by atoms with Crippen molar-refractivity contribution in [3.63, 3.8) is 0 Å². The SMILES string of the molecule is O=C(CCc1cccc(Cl)c1)NC1CCN(c2cc3c(nn2)CCCC3)CC1. The summed E-state index contributed by atoms with van der Waals surface area (Å²) in [5, 5.41) is 12.8. The third-order valence-electron chi connectivity index (χ3n) is 5.77. The number of aryl methyl sites for hydroxylation is 3. The molecule has 0 saturated carbocycles. The highest BCUT2D eigenvalue weighted by atomic mass is 35.5. The lowest BCUT2D eigenvalue weighted by Gasteiger charge is -2.33. The molecule has 6 heteroatoms. The number of anilines is 1. The Kier molecular flexibility index (Phi) is 6.10. The largest absolute Gasteiger partial charge is 0.355 e. The van der Waals surface area contributed by atoms with Crippen molar-refractivity contribution >= 4 is 23.3 Å². The molecular weight excluding hydrogens is 372 g/mol. The summed E-state index contributed by atoms with van der Waals surface area (Å²) in [6.45, 7) is 1.82. The Balaban J connectivity index is 1.24. The van der Waals surface area contributed by atoms with Crippen LogP contribution in [0.1, 0.15) is 48.9 Å². The first kappa shape index (κ1) is 19.2. The van der Waals surface area contributed by atoms with Crippen molar-refractivity contribution in [2.75, 3.05) is 18.0 Å². The van der Waals surface area contributed by atoms with E-state index in [-0.39, 0.29) is 11.9 Å². The van der Waals surface area contributed by atoms with Crippen molar-refractivity contribution in [3.8, 4) is 0 Å². The summed E-state index contributed by atoms with van der Waals surface area (Å²) >= 11 is 6.00. The summed E-state index contributed by atoms with van der Waals surface area (Å²) in [5.41, 5.74) is 3.65. The van der Waals surface area contributed by atoms with E-state index < -0.39 is 0 Å². The van der Waals surface area contributed by atoms with E-state index in [2.05, 4.69) is 26.5 Å². The molecule has 0 radical (unpaired) electrons. The predicted molar refractivity (Wildman–Crippen MR) is 112 cm³/mol. The average Bonchev–Trinajstić information content (AvgIpc) is 2.72. The van der Waals surface area contributed by atoms with Crippen molar-refractivity contribution in [1.82, 2.24) is 15.5 Å². The maximum Gasteiger partial charge on any atom is 0.220 e. The first-order valence-corrected chi connectivity index (χ1v) is 10.7. The van der Waals surface area contributed by atoms with Crippen LogP contribution in [-0.4, -0.2) is 35.2 Å². The Morgan fingerprint density at radius 3 is 2.79 bits per heavy atom. The van der Waals surface area contributed by atoms with Gasteiger partial charge in [-0.15, -0.1) is 5.10 Å². The zero-order chi connectivity index (χ0) is 19.3. The molecule has 1 aliphatic heterocycles. The molecule has 0 spiro atoms. The molecule has 5 nitrogen and oxygen atoms in total. The lowest BCUT2D eigenvalue weighted by atomic mass is 9.96. The van der Waals surface area contributed by atoms with Crippen LogP contribution in [0, 0.1) is 0 Å². The number of carbonyl (C=O) groups is 1. The molecule has 0 unspecified atom stereocenters. The van der Waals surface area contributed by atoms with E-state index in [0.717, 1.165) is 61.6 Å². The number of carbonyl (C=O) groups excluding carboxylic acids is 1. The monoisotopic (exact) mass is 398 g/mol. The summed E-state index contributed by atoms with van der Waals surface area (Å²) < 4.78 is 0. The second-order valence-corrected chi connectivity index (χ2v) is 8.28. The van der Waals surface area contributed by atoms with Gasteiger partial charge in [0.15, 0.2) is 5.82 Å². The van der Waals surface area contributed by atoms with Crippen LogP contribution in [0.4, 0.5) is 5.82 Å². The van der Waals surface area contributed by atoms with Gasteiger partial charge >= 0.3 is 0 Å². The second-order valence-electron chi connectivity index (χ2n) is 7.84. The number of nitrogens with one attached hydrogen (secondary N) is 1. The standard InChI is InChI=1S/C22H27ClN4O/c23-18-6-3-4-16(14-18)8-9-22(28)24-19-10-12-27(13-11-19)21-15-17-5-1-2-7-20(17)25-26-21/h3-4,6,14-15,19H,1-2,5,7-13H2,(H,24,28).